The maximum absolute atomic E-state index is 12.5. The van der Waals surface area contributed by atoms with Gasteiger partial charge >= 0.3 is 11.9 Å². The second-order valence-corrected chi connectivity index (χ2v) is 14.1. The van der Waals surface area contributed by atoms with Crippen LogP contribution in [0, 0.1) is 28.6 Å². The Kier molecular flexibility index (Phi) is 6.15. The number of hydrogen-bond acceptors (Lipinski definition) is 9. The van der Waals surface area contributed by atoms with Crippen molar-refractivity contribution in [2.75, 3.05) is 20.2 Å². The zero-order chi connectivity index (χ0) is 26.4. The number of aliphatic hydroxyl groups is 1. The molecule has 2 heterocycles. The van der Waals surface area contributed by atoms with Gasteiger partial charge in [0.1, 0.15) is 24.4 Å². The summed E-state index contributed by atoms with van der Waals surface area (Å²) in [7, 11) is 0. The number of aliphatic hydroxyl groups excluding tert-OH is 1. The van der Waals surface area contributed by atoms with Gasteiger partial charge in [0.25, 0.3) is 0 Å². The largest absolute Gasteiger partial charge is 0.463 e. The lowest BCUT2D eigenvalue weighted by molar-refractivity contribution is -0.267. The summed E-state index contributed by atoms with van der Waals surface area (Å²) in [6.45, 7) is 7.97. The van der Waals surface area contributed by atoms with Crippen LogP contribution in [-0.4, -0.2) is 71.3 Å². The lowest BCUT2D eigenvalue weighted by Gasteiger charge is -2.67. The van der Waals surface area contributed by atoms with Gasteiger partial charge in [-0.3, -0.25) is 9.59 Å². The molecule has 9 nitrogen and oxygen atoms in total. The lowest BCUT2D eigenvalue weighted by Crippen LogP contribution is -2.71. The Bertz CT molecular complexity index is 964. The third-order valence-corrected chi connectivity index (χ3v) is 13.1. The number of carbonyl (C=O) groups excluding carboxylic acids is 2. The van der Waals surface area contributed by atoms with Crippen LogP contribution in [0.25, 0.3) is 0 Å². The van der Waals surface area contributed by atoms with E-state index in [2.05, 4.69) is 29.8 Å². The van der Waals surface area contributed by atoms with Crippen molar-refractivity contribution in [2.45, 2.75) is 107 Å². The van der Waals surface area contributed by atoms with Crippen molar-refractivity contribution in [3.63, 3.8) is 0 Å². The van der Waals surface area contributed by atoms with Gasteiger partial charge in [-0.15, -0.1) is 0 Å². The summed E-state index contributed by atoms with van der Waals surface area (Å²) in [6, 6.07) is 0. The normalized spacial score (nSPS) is 54.5. The Balaban J connectivity index is 1.41. The maximum Gasteiger partial charge on any atom is 0.302 e. The predicted molar refractivity (Wildman–Crippen MR) is 132 cm³/mol. The fraction of sp³-hybridized carbons (Fsp3) is 0.926. The smallest absolute Gasteiger partial charge is 0.302 e. The van der Waals surface area contributed by atoms with Gasteiger partial charge in [-0.05, 0) is 55.8 Å². The highest BCUT2D eigenvalue weighted by atomic mass is 79.9. The highest BCUT2D eigenvalue weighted by Crippen LogP contribution is 2.74. The summed E-state index contributed by atoms with van der Waals surface area (Å²) in [5.41, 5.74) is -1.50. The van der Waals surface area contributed by atoms with Gasteiger partial charge in [0.05, 0.1) is 10.4 Å². The van der Waals surface area contributed by atoms with Crippen LogP contribution in [0.2, 0.25) is 0 Å². The molecule has 208 valence electrons. The quantitative estimate of drug-likeness (QED) is 0.384. The standard InChI is InChI=1S/C27H39BrO9/c1-15(29)36-17-5-7-23(3)22-18(9-21(31)25(23,28)10-17)19-6-8-26(24(19,4)11-20(22)37-16(2)30)27(35-14-33-26)12-32-13-34-27/h17-22,31H,5-14H2,1-4H3/t17-,18-,19-,20-,21+,22+,23+,24-,25-,26+,27?/m0/s1. The summed E-state index contributed by atoms with van der Waals surface area (Å²) in [5.74, 6) is -1.21. The van der Waals surface area contributed by atoms with Crippen LogP contribution in [0.3, 0.4) is 0 Å². The second kappa shape index (κ2) is 8.61. The van der Waals surface area contributed by atoms with Crippen LogP contribution in [0.1, 0.15) is 72.6 Å². The van der Waals surface area contributed by atoms with E-state index in [1.54, 1.807) is 0 Å². The molecule has 0 aromatic carbocycles. The van der Waals surface area contributed by atoms with Gasteiger partial charge < -0.3 is 33.5 Å². The van der Waals surface area contributed by atoms with E-state index in [0.29, 0.717) is 32.3 Å². The minimum atomic E-state index is -0.970. The molecular formula is C27H39BrO9. The van der Waals surface area contributed by atoms with E-state index in [1.807, 2.05) is 0 Å². The average Bonchev–Trinajstić information content (AvgIpc) is 3.50. The van der Waals surface area contributed by atoms with Crippen molar-refractivity contribution < 1.29 is 43.1 Å². The molecule has 2 spiro atoms. The number of fused-ring (bicyclic) bond motifs is 7. The molecule has 2 saturated heterocycles. The molecule has 0 bridgehead atoms. The molecule has 0 amide bonds. The van der Waals surface area contributed by atoms with Gasteiger partial charge in [-0.25, -0.2) is 0 Å². The number of ether oxygens (including phenoxy) is 6. The molecule has 4 aliphatic carbocycles. The van der Waals surface area contributed by atoms with E-state index < -0.39 is 27.2 Å². The molecule has 6 rings (SSSR count). The predicted octanol–water partition coefficient (Wildman–Crippen LogP) is 3.43. The molecule has 0 aromatic heterocycles. The molecule has 2 aliphatic heterocycles. The molecule has 4 saturated carbocycles. The van der Waals surface area contributed by atoms with Crippen LogP contribution >= 0.6 is 15.9 Å². The molecule has 1 unspecified atom stereocenters. The first-order valence-electron chi connectivity index (χ1n) is 13.6. The van der Waals surface area contributed by atoms with Crippen molar-refractivity contribution >= 4 is 27.9 Å². The fourth-order valence-electron chi connectivity index (χ4n) is 9.92. The van der Waals surface area contributed by atoms with Crippen molar-refractivity contribution in [2.24, 2.45) is 28.6 Å². The highest BCUT2D eigenvalue weighted by Gasteiger charge is 2.78. The first-order valence-corrected chi connectivity index (χ1v) is 14.4. The summed E-state index contributed by atoms with van der Waals surface area (Å²) in [6.07, 6.45) is 3.59. The van der Waals surface area contributed by atoms with Crippen molar-refractivity contribution in [1.82, 2.24) is 0 Å². The van der Waals surface area contributed by atoms with Crippen LogP contribution in [0.15, 0.2) is 0 Å². The Morgan fingerprint density at radius 3 is 2.35 bits per heavy atom. The van der Waals surface area contributed by atoms with E-state index in [4.69, 9.17) is 28.4 Å². The average molecular weight is 588 g/mol. The van der Waals surface area contributed by atoms with Gasteiger partial charge in [0.15, 0.2) is 13.6 Å². The van der Waals surface area contributed by atoms with Gasteiger partial charge in [-0.2, -0.15) is 0 Å². The Labute approximate surface area is 226 Å². The van der Waals surface area contributed by atoms with E-state index in [0.717, 1.165) is 19.3 Å². The van der Waals surface area contributed by atoms with Crippen LogP contribution in [0.5, 0.6) is 0 Å². The van der Waals surface area contributed by atoms with Crippen LogP contribution in [0.4, 0.5) is 0 Å². The Morgan fingerprint density at radius 1 is 0.946 bits per heavy atom. The van der Waals surface area contributed by atoms with E-state index >= 15 is 0 Å². The Morgan fingerprint density at radius 2 is 1.68 bits per heavy atom. The van der Waals surface area contributed by atoms with Crippen molar-refractivity contribution in [3.8, 4) is 0 Å². The molecule has 10 heteroatoms. The van der Waals surface area contributed by atoms with Crippen LogP contribution < -0.4 is 0 Å². The van der Waals surface area contributed by atoms with Crippen LogP contribution in [-0.2, 0) is 38.0 Å². The first-order chi connectivity index (χ1) is 17.4. The molecule has 11 atom stereocenters. The third kappa shape index (κ3) is 3.38. The Hall–Kier alpha value is -0.780. The summed E-state index contributed by atoms with van der Waals surface area (Å²) >= 11 is 4.01. The molecule has 0 radical (unpaired) electrons. The molecule has 0 aromatic rings. The maximum atomic E-state index is 12.5. The number of rotatable bonds is 2. The number of hydrogen-bond donors (Lipinski definition) is 1. The molecular weight excluding hydrogens is 548 g/mol. The molecule has 1 N–H and O–H groups in total. The first kappa shape index (κ1) is 26.4. The number of esters is 2. The minimum Gasteiger partial charge on any atom is -0.463 e. The fourth-order valence-corrected chi connectivity index (χ4v) is 10.9. The number of alkyl halides is 1. The topological polar surface area (TPSA) is 110 Å². The molecule has 37 heavy (non-hydrogen) atoms. The van der Waals surface area contributed by atoms with E-state index in [-0.39, 0.29) is 60.9 Å². The molecule has 6 fully saturated rings. The summed E-state index contributed by atoms with van der Waals surface area (Å²) in [5, 5.41) is 11.8. The van der Waals surface area contributed by atoms with Crippen molar-refractivity contribution in [1.29, 1.82) is 0 Å². The minimum absolute atomic E-state index is 0.0321. The van der Waals surface area contributed by atoms with Gasteiger partial charge in [-0.1, -0.05) is 29.8 Å². The number of carbonyl (C=O) groups is 2. The third-order valence-electron chi connectivity index (χ3n) is 11.3. The molecule has 6 aliphatic rings. The zero-order valence-corrected chi connectivity index (χ0v) is 23.7. The monoisotopic (exact) mass is 586 g/mol. The zero-order valence-electron chi connectivity index (χ0n) is 22.1. The SMILES string of the molecule is CC(=O)O[C@H]1CC[C@]2(C)[C@@H]3[C@@H](C[C@@H](O)[C@@]2(Br)C1)[C@@H]1CC[C@@]2(OCOC24COCO4)[C@@]1(C)C[C@@H]3OC(C)=O. The summed E-state index contributed by atoms with van der Waals surface area (Å²) in [4.78, 5) is 24.2. The van der Waals surface area contributed by atoms with Gasteiger partial charge in [0, 0.05) is 31.6 Å². The number of halogens is 1. The van der Waals surface area contributed by atoms with E-state index in [1.165, 1.54) is 13.8 Å². The lowest BCUT2D eigenvalue weighted by atomic mass is 9.42. The highest BCUT2D eigenvalue weighted by molar-refractivity contribution is 9.10. The van der Waals surface area contributed by atoms with Crippen molar-refractivity contribution in [3.05, 3.63) is 0 Å². The summed E-state index contributed by atoms with van der Waals surface area (Å²) < 4.78 is 35.5. The second-order valence-electron chi connectivity index (χ2n) is 12.7. The van der Waals surface area contributed by atoms with Gasteiger partial charge in [0.2, 0.25) is 5.79 Å². The van der Waals surface area contributed by atoms with E-state index in [9.17, 15) is 14.7 Å².